The number of hydrogen-bond acceptors (Lipinski definition) is 2. The highest BCUT2D eigenvalue weighted by atomic mass is 35.5. The molecule has 0 rings (SSSR count). The molecule has 0 aromatic heterocycles. The molecule has 0 saturated carbocycles. The molecule has 0 fully saturated rings. The standard InChI is InChI=1S/C8H17ClS2/c1-8(4-5-9)11-7-3-6-10-2/h8H,3-7H2,1-2H3. The molecule has 0 heterocycles. The summed E-state index contributed by atoms with van der Waals surface area (Å²) in [7, 11) is 0. The lowest BCUT2D eigenvalue weighted by Gasteiger charge is -2.07. The number of rotatable bonds is 7. The van der Waals surface area contributed by atoms with Crippen LogP contribution in [0.4, 0.5) is 0 Å². The van der Waals surface area contributed by atoms with Gasteiger partial charge in [-0.1, -0.05) is 6.92 Å². The lowest BCUT2D eigenvalue weighted by Crippen LogP contribution is -1.98. The van der Waals surface area contributed by atoms with Gasteiger partial charge >= 0.3 is 0 Å². The van der Waals surface area contributed by atoms with Crippen LogP contribution in [0.3, 0.4) is 0 Å². The monoisotopic (exact) mass is 212 g/mol. The lowest BCUT2D eigenvalue weighted by atomic mass is 10.4. The van der Waals surface area contributed by atoms with Crippen molar-refractivity contribution < 1.29 is 0 Å². The van der Waals surface area contributed by atoms with Crippen molar-refractivity contribution in [3.63, 3.8) is 0 Å². The van der Waals surface area contributed by atoms with Crippen LogP contribution in [0.25, 0.3) is 0 Å². The minimum Gasteiger partial charge on any atom is -0.165 e. The van der Waals surface area contributed by atoms with Gasteiger partial charge in [-0.2, -0.15) is 23.5 Å². The summed E-state index contributed by atoms with van der Waals surface area (Å²) in [5.41, 5.74) is 0. The zero-order valence-electron chi connectivity index (χ0n) is 7.31. The van der Waals surface area contributed by atoms with Gasteiger partial charge in [-0.3, -0.25) is 0 Å². The zero-order chi connectivity index (χ0) is 8.53. The highest BCUT2D eigenvalue weighted by molar-refractivity contribution is 8.00. The average molecular weight is 213 g/mol. The maximum Gasteiger partial charge on any atom is 0.0233 e. The van der Waals surface area contributed by atoms with E-state index < -0.39 is 0 Å². The first-order valence-electron chi connectivity index (χ1n) is 3.97. The second-order valence-electron chi connectivity index (χ2n) is 2.51. The fourth-order valence-corrected chi connectivity index (χ4v) is 2.80. The molecule has 1 unspecified atom stereocenters. The molecule has 3 heteroatoms. The van der Waals surface area contributed by atoms with Crippen LogP contribution in [-0.2, 0) is 0 Å². The zero-order valence-corrected chi connectivity index (χ0v) is 9.70. The van der Waals surface area contributed by atoms with E-state index >= 15 is 0 Å². The molecule has 68 valence electrons. The van der Waals surface area contributed by atoms with Crippen LogP contribution in [0.2, 0.25) is 0 Å². The summed E-state index contributed by atoms with van der Waals surface area (Å²) in [5, 5.41) is 0.745. The van der Waals surface area contributed by atoms with Crippen molar-refractivity contribution in [1.29, 1.82) is 0 Å². The van der Waals surface area contributed by atoms with Crippen LogP contribution in [0.5, 0.6) is 0 Å². The SMILES string of the molecule is CSCCCSC(C)CCCl. The summed E-state index contributed by atoms with van der Waals surface area (Å²) in [4.78, 5) is 0. The predicted octanol–water partition coefficient (Wildman–Crippen LogP) is 3.49. The molecule has 0 nitrogen and oxygen atoms in total. The van der Waals surface area contributed by atoms with Crippen molar-refractivity contribution in [2.45, 2.75) is 25.0 Å². The Labute approximate surface area is 83.8 Å². The molecule has 1 atom stereocenters. The van der Waals surface area contributed by atoms with Gasteiger partial charge in [0.25, 0.3) is 0 Å². The molecule has 0 aliphatic rings. The molecule has 0 aromatic rings. The largest absolute Gasteiger partial charge is 0.165 e. The highest BCUT2D eigenvalue weighted by Gasteiger charge is 1.99. The molecule has 0 bridgehead atoms. The van der Waals surface area contributed by atoms with Gasteiger partial charge in [-0.05, 0) is 30.6 Å². The van der Waals surface area contributed by atoms with E-state index in [-0.39, 0.29) is 0 Å². The van der Waals surface area contributed by atoms with E-state index in [2.05, 4.69) is 13.2 Å². The van der Waals surface area contributed by atoms with E-state index in [1.54, 1.807) is 0 Å². The first-order valence-corrected chi connectivity index (χ1v) is 6.95. The Kier molecular flexibility index (Phi) is 9.90. The Morgan fingerprint density at radius 3 is 2.64 bits per heavy atom. The Balaban J connectivity index is 2.97. The molecule has 0 radical (unpaired) electrons. The Morgan fingerprint density at radius 2 is 2.09 bits per heavy atom. The predicted molar refractivity (Wildman–Crippen MR) is 60.3 cm³/mol. The van der Waals surface area contributed by atoms with Crippen LogP contribution < -0.4 is 0 Å². The van der Waals surface area contributed by atoms with Crippen LogP contribution in [0, 0.1) is 0 Å². The summed E-state index contributed by atoms with van der Waals surface area (Å²) in [6.45, 7) is 2.26. The number of alkyl halides is 1. The molecule has 0 aliphatic heterocycles. The third kappa shape index (κ3) is 8.90. The van der Waals surface area contributed by atoms with Gasteiger partial charge in [0.1, 0.15) is 0 Å². The van der Waals surface area contributed by atoms with Gasteiger partial charge < -0.3 is 0 Å². The van der Waals surface area contributed by atoms with Gasteiger partial charge in [0.2, 0.25) is 0 Å². The quantitative estimate of drug-likeness (QED) is 0.468. The van der Waals surface area contributed by atoms with Crippen LogP contribution in [0.1, 0.15) is 19.8 Å². The first kappa shape index (κ1) is 12.0. The van der Waals surface area contributed by atoms with Crippen molar-refractivity contribution >= 4 is 35.1 Å². The van der Waals surface area contributed by atoms with Gasteiger partial charge in [-0.25, -0.2) is 0 Å². The fraction of sp³-hybridized carbons (Fsp3) is 1.00. The molecule has 11 heavy (non-hydrogen) atoms. The summed E-state index contributed by atoms with van der Waals surface area (Å²) in [6, 6.07) is 0. The topological polar surface area (TPSA) is 0 Å². The van der Waals surface area contributed by atoms with E-state index in [1.165, 1.54) is 17.9 Å². The third-order valence-electron chi connectivity index (χ3n) is 1.41. The molecular weight excluding hydrogens is 196 g/mol. The van der Waals surface area contributed by atoms with E-state index in [1.807, 2.05) is 23.5 Å². The van der Waals surface area contributed by atoms with Crippen LogP contribution >= 0.6 is 35.1 Å². The maximum atomic E-state index is 5.62. The van der Waals surface area contributed by atoms with Gasteiger partial charge in [0, 0.05) is 11.1 Å². The Morgan fingerprint density at radius 1 is 1.36 bits per heavy atom. The van der Waals surface area contributed by atoms with Crippen molar-refractivity contribution in [2.24, 2.45) is 0 Å². The van der Waals surface area contributed by atoms with E-state index in [0.717, 1.165) is 17.6 Å². The maximum absolute atomic E-state index is 5.62. The first-order chi connectivity index (χ1) is 5.31. The molecule has 0 amide bonds. The number of thioether (sulfide) groups is 2. The van der Waals surface area contributed by atoms with Gasteiger partial charge in [-0.15, -0.1) is 11.6 Å². The van der Waals surface area contributed by atoms with Crippen molar-refractivity contribution in [3.8, 4) is 0 Å². The molecule has 0 saturated heterocycles. The minimum absolute atomic E-state index is 0.745. The fourth-order valence-electron chi connectivity index (χ4n) is 0.725. The van der Waals surface area contributed by atoms with Crippen molar-refractivity contribution in [2.75, 3.05) is 23.6 Å². The summed E-state index contributed by atoms with van der Waals surface area (Å²) >= 11 is 9.59. The summed E-state index contributed by atoms with van der Waals surface area (Å²) < 4.78 is 0. The smallest absolute Gasteiger partial charge is 0.0233 e. The lowest BCUT2D eigenvalue weighted by molar-refractivity contribution is 0.909. The average Bonchev–Trinajstić information content (AvgIpc) is 1.99. The highest BCUT2D eigenvalue weighted by Crippen LogP contribution is 2.16. The van der Waals surface area contributed by atoms with Crippen molar-refractivity contribution in [1.82, 2.24) is 0 Å². The molecule has 0 aromatic carbocycles. The van der Waals surface area contributed by atoms with E-state index in [9.17, 15) is 0 Å². The normalized spacial score (nSPS) is 13.4. The van der Waals surface area contributed by atoms with Gasteiger partial charge in [0.15, 0.2) is 0 Å². The molecule has 0 aliphatic carbocycles. The van der Waals surface area contributed by atoms with Crippen LogP contribution in [0.15, 0.2) is 0 Å². The molecular formula is C8H17ClS2. The Hall–Kier alpha value is 0.990. The summed E-state index contributed by atoms with van der Waals surface area (Å²) in [5.74, 6) is 3.39. The van der Waals surface area contributed by atoms with Gasteiger partial charge in [0.05, 0.1) is 0 Å². The van der Waals surface area contributed by atoms with Crippen LogP contribution in [-0.4, -0.2) is 28.9 Å². The second-order valence-corrected chi connectivity index (χ2v) is 5.42. The van der Waals surface area contributed by atoms with E-state index in [0.29, 0.717) is 0 Å². The second kappa shape index (κ2) is 9.08. The molecule has 0 spiro atoms. The molecule has 0 N–H and O–H groups in total. The van der Waals surface area contributed by atoms with E-state index in [4.69, 9.17) is 11.6 Å². The number of halogens is 1. The number of hydrogen-bond donors (Lipinski definition) is 0. The Bertz CT molecular complexity index is 78.5. The summed E-state index contributed by atoms with van der Waals surface area (Å²) in [6.07, 6.45) is 4.64. The minimum atomic E-state index is 0.745. The third-order valence-corrected chi connectivity index (χ3v) is 3.66. The van der Waals surface area contributed by atoms with Crippen molar-refractivity contribution in [3.05, 3.63) is 0 Å².